The molecule has 0 bridgehead atoms. The van der Waals surface area contributed by atoms with Crippen LogP contribution in [0.3, 0.4) is 0 Å². The van der Waals surface area contributed by atoms with E-state index in [-0.39, 0.29) is 0 Å². The Kier molecular flexibility index (Phi) is 5.91. The van der Waals surface area contributed by atoms with Crippen molar-refractivity contribution >= 4 is 40.6 Å². The van der Waals surface area contributed by atoms with E-state index in [4.69, 9.17) is 0 Å². The summed E-state index contributed by atoms with van der Waals surface area (Å²) in [6.45, 7) is 0. The zero-order valence-corrected chi connectivity index (χ0v) is 18.4. The molecule has 0 unspecified atom stereocenters. The Labute approximate surface area is 192 Å². The van der Waals surface area contributed by atoms with Crippen LogP contribution in [0.4, 0.5) is 17.1 Å². The van der Waals surface area contributed by atoms with Gasteiger partial charge in [-0.1, -0.05) is 54.6 Å². The zero-order valence-electron chi connectivity index (χ0n) is 17.6. The smallest absolute Gasteiger partial charge is 0.167 e. The van der Waals surface area contributed by atoms with Crippen molar-refractivity contribution in [1.29, 1.82) is 0 Å². The van der Waals surface area contributed by atoms with Gasteiger partial charge in [-0.05, 0) is 65.7 Å². The lowest BCUT2D eigenvalue weighted by molar-refractivity contribution is -0.378. The van der Waals surface area contributed by atoms with Gasteiger partial charge in [-0.25, -0.2) is 4.98 Å². The maximum absolute atomic E-state index is 3.06. The molecule has 0 atom stereocenters. The van der Waals surface area contributed by atoms with Gasteiger partial charge in [-0.2, -0.15) is 0 Å². The van der Waals surface area contributed by atoms with E-state index in [1.54, 1.807) is 11.3 Å². The van der Waals surface area contributed by atoms with E-state index in [2.05, 4.69) is 131 Å². The van der Waals surface area contributed by atoms with E-state index in [0.29, 0.717) is 0 Å². The van der Waals surface area contributed by atoms with Crippen molar-refractivity contribution in [2.24, 2.45) is 0 Å². The van der Waals surface area contributed by atoms with Crippen LogP contribution in [-0.2, 0) is 0 Å². The Bertz CT molecular complexity index is 1250. The van der Waals surface area contributed by atoms with Gasteiger partial charge in [0.05, 0.1) is 0 Å². The van der Waals surface area contributed by atoms with Gasteiger partial charge in [0.15, 0.2) is 12.4 Å². The highest BCUT2D eigenvalue weighted by Gasteiger charge is 2.12. The van der Waals surface area contributed by atoms with Crippen molar-refractivity contribution in [3.8, 4) is 10.4 Å². The number of anilines is 3. The molecule has 1 N–H and O–H groups in total. The minimum absolute atomic E-state index is 1.14. The molecule has 3 aromatic carbocycles. The summed E-state index contributed by atoms with van der Waals surface area (Å²) in [6.07, 6.45) is 8.19. The monoisotopic (exact) mass is 431 g/mol. The number of hydrogen-bond acceptors (Lipinski definition) is 2. The topological polar surface area (TPSA) is 17.4 Å². The number of hydrogen-bond donors (Lipinski definition) is 0. The molecule has 0 spiro atoms. The Morgan fingerprint density at radius 2 is 1.16 bits per heavy atom. The molecule has 2 aromatic heterocycles. The predicted octanol–water partition coefficient (Wildman–Crippen LogP) is 7.87. The molecule has 154 valence electrons. The molecule has 0 aliphatic rings. The van der Waals surface area contributed by atoms with Crippen LogP contribution in [0, 0.1) is 0 Å². The number of pyridine rings is 1. The van der Waals surface area contributed by atoms with E-state index in [0.717, 1.165) is 17.1 Å². The average molecular weight is 432 g/mol. The highest BCUT2D eigenvalue weighted by molar-refractivity contribution is 7.16. The summed E-state index contributed by atoms with van der Waals surface area (Å²) in [6, 6.07) is 38.3. The summed E-state index contributed by atoms with van der Waals surface area (Å²) in [5.74, 6) is 0. The lowest BCUT2D eigenvalue weighted by Gasteiger charge is -2.25. The van der Waals surface area contributed by atoms with Gasteiger partial charge in [-0.15, -0.1) is 11.3 Å². The number of thiophene rings is 1. The molecule has 32 heavy (non-hydrogen) atoms. The van der Waals surface area contributed by atoms with Gasteiger partial charge in [-0.3, -0.25) is 0 Å². The minimum Gasteiger partial charge on any atom is -0.311 e. The first-order valence-electron chi connectivity index (χ1n) is 10.6. The third-order valence-electron chi connectivity index (χ3n) is 5.25. The SMILES string of the molecule is C(=C\c1ccc(-c2ccc(N(c3ccccc3)c3ccccc3)cc2)s1)/c1cc[nH+]cc1. The molecule has 0 saturated carbocycles. The van der Waals surface area contributed by atoms with Crippen LogP contribution in [0.1, 0.15) is 10.4 Å². The molecule has 0 saturated heterocycles. The van der Waals surface area contributed by atoms with Gasteiger partial charge in [0.25, 0.3) is 0 Å². The number of H-pyrrole nitrogens is 1. The maximum atomic E-state index is 3.06. The second-order valence-corrected chi connectivity index (χ2v) is 8.54. The number of nitrogens with zero attached hydrogens (tertiary/aromatic N) is 1. The van der Waals surface area contributed by atoms with Crippen molar-refractivity contribution in [2.45, 2.75) is 0 Å². The van der Waals surface area contributed by atoms with Crippen LogP contribution < -0.4 is 9.88 Å². The highest BCUT2D eigenvalue weighted by atomic mass is 32.1. The summed E-state index contributed by atoms with van der Waals surface area (Å²) in [5, 5.41) is 0. The normalized spacial score (nSPS) is 11.0. The second-order valence-electron chi connectivity index (χ2n) is 7.42. The van der Waals surface area contributed by atoms with Crippen molar-refractivity contribution < 1.29 is 4.98 Å². The van der Waals surface area contributed by atoms with Crippen LogP contribution in [0.25, 0.3) is 22.6 Å². The van der Waals surface area contributed by atoms with E-state index >= 15 is 0 Å². The predicted molar refractivity (Wildman–Crippen MR) is 136 cm³/mol. The van der Waals surface area contributed by atoms with Gasteiger partial charge < -0.3 is 4.90 Å². The number of rotatable bonds is 6. The first-order chi connectivity index (χ1) is 15.9. The van der Waals surface area contributed by atoms with Crippen molar-refractivity contribution in [2.75, 3.05) is 4.90 Å². The van der Waals surface area contributed by atoms with Crippen LogP contribution in [0.5, 0.6) is 0 Å². The Morgan fingerprint density at radius 3 is 1.78 bits per heavy atom. The van der Waals surface area contributed by atoms with Crippen molar-refractivity contribution in [3.05, 3.63) is 132 Å². The molecule has 0 aliphatic heterocycles. The van der Waals surface area contributed by atoms with Crippen LogP contribution >= 0.6 is 11.3 Å². The molecule has 3 heteroatoms. The minimum atomic E-state index is 1.14. The summed E-state index contributed by atoms with van der Waals surface area (Å²) in [7, 11) is 0. The largest absolute Gasteiger partial charge is 0.311 e. The average Bonchev–Trinajstić information content (AvgIpc) is 3.35. The lowest BCUT2D eigenvalue weighted by atomic mass is 10.1. The van der Waals surface area contributed by atoms with Gasteiger partial charge in [0.1, 0.15) is 0 Å². The maximum Gasteiger partial charge on any atom is 0.167 e. The molecule has 0 radical (unpaired) electrons. The Hall–Kier alpha value is -3.95. The first-order valence-corrected chi connectivity index (χ1v) is 11.4. The number of aromatic nitrogens is 1. The fraction of sp³-hybridized carbons (Fsp3) is 0. The fourth-order valence-corrected chi connectivity index (χ4v) is 4.58. The van der Waals surface area contributed by atoms with Crippen LogP contribution in [-0.4, -0.2) is 0 Å². The van der Waals surface area contributed by atoms with Gasteiger partial charge in [0.2, 0.25) is 0 Å². The molecule has 0 fully saturated rings. The van der Waals surface area contributed by atoms with E-state index in [1.165, 1.54) is 20.9 Å². The number of aromatic amines is 1. The molecule has 5 rings (SSSR count). The summed E-state index contributed by atoms with van der Waals surface area (Å²) in [5.41, 5.74) is 5.85. The second kappa shape index (κ2) is 9.46. The van der Waals surface area contributed by atoms with E-state index < -0.39 is 0 Å². The number of benzene rings is 3. The molecular formula is C29H23N2S+. The van der Waals surface area contributed by atoms with Crippen LogP contribution in [0.2, 0.25) is 0 Å². The van der Waals surface area contributed by atoms with Crippen molar-refractivity contribution in [1.82, 2.24) is 0 Å². The highest BCUT2D eigenvalue weighted by Crippen LogP contribution is 2.36. The molecule has 0 aliphatic carbocycles. The first kappa shape index (κ1) is 20.0. The van der Waals surface area contributed by atoms with Gasteiger partial charge in [0, 0.05) is 38.9 Å². The number of para-hydroxylation sites is 2. The fourth-order valence-electron chi connectivity index (χ4n) is 3.66. The summed E-state index contributed by atoms with van der Waals surface area (Å²) < 4.78 is 0. The quantitative estimate of drug-likeness (QED) is 0.267. The van der Waals surface area contributed by atoms with Crippen molar-refractivity contribution in [3.63, 3.8) is 0 Å². The molecule has 0 amide bonds. The Balaban J connectivity index is 1.41. The zero-order chi connectivity index (χ0) is 21.6. The standard InChI is InChI=1S/C29H22N2S/c1-3-7-25(8-4-1)31(26-9-5-2-6-10-26)27-14-12-24(13-15-27)29-18-17-28(32-29)16-11-23-19-21-30-22-20-23/h1-22H/p+1/b16-11+. The lowest BCUT2D eigenvalue weighted by Crippen LogP contribution is -2.09. The molecular weight excluding hydrogens is 408 g/mol. The summed E-state index contributed by atoms with van der Waals surface area (Å²) in [4.78, 5) is 7.85. The molecule has 2 heterocycles. The van der Waals surface area contributed by atoms with Gasteiger partial charge >= 0.3 is 0 Å². The third-order valence-corrected chi connectivity index (χ3v) is 6.35. The summed E-state index contributed by atoms with van der Waals surface area (Å²) >= 11 is 1.80. The third kappa shape index (κ3) is 4.53. The Morgan fingerprint density at radius 1 is 0.562 bits per heavy atom. The molecule has 2 nitrogen and oxygen atoms in total. The molecule has 5 aromatic rings. The number of nitrogens with one attached hydrogen (secondary N) is 1. The van der Waals surface area contributed by atoms with E-state index in [1.807, 2.05) is 12.4 Å². The van der Waals surface area contributed by atoms with Crippen LogP contribution in [0.15, 0.2) is 122 Å². The van der Waals surface area contributed by atoms with E-state index in [9.17, 15) is 0 Å².